The highest BCUT2D eigenvalue weighted by molar-refractivity contribution is 14.0. The van der Waals surface area contributed by atoms with Gasteiger partial charge in [-0.2, -0.15) is 0 Å². The van der Waals surface area contributed by atoms with Gasteiger partial charge in [-0.1, -0.05) is 36.4 Å². The number of ether oxygens (including phenoxy) is 3. The molecule has 0 saturated carbocycles. The number of aromatic nitrogens is 1. The molecule has 7 nitrogen and oxygen atoms in total. The summed E-state index contributed by atoms with van der Waals surface area (Å²) in [5.74, 6) is 3.40. The summed E-state index contributed by atoms with van der Waals surface area (Å²) in [5, 5.41) is 6.49. The van der Waals surface area contributed by atoms with Gasteiger partial charge >= 0.3 is 0 Å². The molecule has 0 aliphatic heterocycles. The summed E-state index contributed by atoms with van der Waals surface area (Å²) in [4.78, 5) is 8.62. The van der Waals surface area contributed by atoms with Crippen LogP contribution in [0, 0.1) is 0 Å². The Kier molecular flexibility index (Phi) is 11.1. The smallest absolute Gasteiger partial charge is 0.219 e. The Bertz CT molecular complexity index is 953. The summed E-state index contributed by atoms with van der Waals surface area (Å²) in [6, 6.07) is 21.1. The molecular weight excluding hydrogens is 519 g/mol. The first-order valence-electron chi connectivity index (χ1n) is 10.3. The van der Waals surface area contributed by atoms with E-state index in [2.05, 4.69) is 20.6 Å². The van der Waals surface area contributed by atoms with Crippen LogP contribution in [0.4, 0.5) is 0 Å². The second-order valence-corrected chi connectivity index (χ2v) is 6.50. The number of guanidine groups is 1. The molecule has 8 heteroatoms. The number of rotatable bonds is 10. The minimum atomic E-state index is 0. The Morgan fingerprint density at radius 2 is 1.66 bits per heavy atom. The summed E-state index contributed by atoms with van der Waals surface area (Å²) in [6.45, 7) is 4.28. The zero-order valence-electron chi connectivity index (χ0n) is 18.3. The average molecular weight is 548 g/mol. The maximum atomic E-state index is 5.86. The van der Waals surface area contributed by atoms with Crippen LogP contribution in [0.5, 0.6) is 23.1 Å². The summed E-state index contributed by atoms with van der Waals surface area (Å²) in [6.07, 6.45) is 1.78. The van der Waals surface area contributed by atoms with Gasteiger partial charge in [-0.25, -0.2) is 4.98 Å². The van der Waals surface area contributed by atoms with Crippen LogP contribution in [0.25, 0.3) is 0 Å². The van der Waals surface area contributed by atoms with Crippen LogP contribution in [0.3, 0.4) is 0 Å². The van der Waals surface area contributed by atoms with Crippen molar-refractivity contribution in [3.8, 4) is 23.1 Å². The molecule has 2 N–H and O–H groups in total. The molecule has 0 aliphatic carbocycles. The molecule has 1 aromatic heterocycles. The van der Waals surface area contributed by atoms with Gasteiger partial charge in [0.15, 0.2) is 17.5 Å². The molecular formula is C24H29IN4O3. The topological polar surface area (TPSA) is 77.0 Å². The third kappa shape index (κ3) is 8.26. The van der Waals surface area contributed by atoms with Gasteiger partial charge in [0, 0.05) is 25.9 Å². The quantitative estimate of drug-likeness (QED) is 0.167. The van der Waals surface area contributed by atoms with Gasteiger partial charge < -0.3 is 24.8 Å². The standard InChI is InChI=1S/C24H28N4O3.HI/c1-3-29-21-11-7-8-12-22(21)31-23-14-13-19(17-27-23)18-28-24(25-2)26-15-16-30-20-9-5-4-6-10-20;/h4-14,17H,3,15-16,18H2,1-2H3,(H2,25,26,28);1H. The molecule has 3 rings (SSSR count). The van der Waals surface area contributed by atoms with E-state index in [-0.39, 0.29) is 24.0 Å². The van der Waals surface area contributed by atoms with Gasteiger partial charge in [0.25, 0.3) is 0 Å². The van der Waals surface area contributed by atoms with Gasteiger partial charge in [-0.05, 0) is 36.8 Å². The first kappa shape index (κ1) is 25.3. The molecule has 3 aromatic rings. The van der Waals surface area contributed by atoms with Gasteiger partial charge in [0.05, 0.1) is 13.2 Å². The van der Waals surface area contributed by atoms with E-state index in [1.807, 2.05) is 73.7 Å². The Labute approximate surface area is 206 Å². The fourth-order valence-corrected chi connectivity index (χ4v) is 2.76. The highest BCUT2D eigenvalue weighted by Gasteiger charge is 2.06. The van der Waals surface area contributed by atoms with Crippen LogP contribution < -0.4 is 24.8 Å². The van der Waals surface area contributed by atoms with Crippen molar-refractivity contribution < 1.29 is 14.2 Å². The van der Waals surface area contributed by atoms with Crippen molar-refractivity contribution in [3.63, 3.8) is 0 Å². The molecule has 2 aromatic carbocycles. The van der Waals surface area contributed by atoms with Gasteiger partial charge in [-0.15, -0.1) is 24.0 Å². The van der Waals surface area contributed by atoms with E-state index in [4.69, 9.17) is 14.2 Å². The summed E-state index contributed by atoms with van der Waals surface area (Å²) in [5.41, 5.74) is 1.01. The maximum Gasteiger partial charge on any atom is 0.219 e. The molecule has 0 saturated heterocycles. The molecule has 32 heavy (non-hydrogen) atoms. The maximum absolute atomic E-state index is 5.86. The number of nitrogens with zero attached hydrogens (tertiary/aromatic N) is 2. The molecule has 0 fully saturated rings. The molecule has 0 aliphatic rings. The molecule has 0 bridgehead atoms. The number of nitrogens with one attached hydrogen (secondary N) is 2. The zero-order chi connectivity index (χ0) is 21.7. The van der Waals surface area contributed by atoms with Crippen molar-refractivity contribution in [2.75, 3.05) is 26.8 Å². The first-order chi connectivity index (χ1) is 15.3. The molecule has 0 radical (unpaired) electrons. The normalized spacial score (nSPS) is 10.6. The molecule has 170 valence electrons. The summed E-state index contributed by atoms with van der Waals surface area (Å²) < 4.78 is 17.1. The molecule has 0 atom stereocenters. The SMILES string of the molecule is CCOc1ccccc1Oc1ccc(CNC(=NC)NCCOc2ccccc2)cn1.I. The summed E-state index contributed by atoms with van der Waals surface area (Å²) in [7, 11) is 1.73. The lowest BCUT2D eigenvalue weighted by Gasteiger charge is -2.13. The second-order valence-electron chi connectivity index (χ2n) is 6.50. The average Bonchev–Trinajstić information content (AvgIpc) is 2.82. The summed E-state index contributed by atoms with van der Waals surface area (Å²) >= 11 is 0. The minimum absolute atomic E-state index is 0. The number of benzene rings is 2. The van der Waals surface area contributed by atoms with E-state index in [0.29, 0.717) is 49.6 Å². The Hall–Kier alpha value is -3.01. The third-order valence-electron chi connectivity index (χ3n) is 4.25. The van der Waals surface area contributed by atoms with E-state index < -0.39 is 0 Å². The molecule has 1 heterocycles. The van der Waals surface area contributed by atoms with Crippen molar-refractivity contribution in [1.82, 2.24) is 15.6 Å². The van der Waals surface area contributed by atoms with Crippen molar-refractivity contribution in [3.05, 3.63) is 78.5 Å². The Morgan fingerprint density at radius 3 is 2.34 bits per heavy atom. The zero-order valence-corrected chi connectivity index (χ0v) is 20.6. The second kappa shape index (κ2) is 14.1. The van der Waals surface area contributed by atoms with E-state index in [0.717, 1.165) is 11.3 Å². The number of halogens is 1. The Morgan fingerprint density at radius 1 is 0.906 bits per heavy atom. The molecule has 0 spiro atoms. The number of pyridine rings is 1. The van der Waals surface area contributed by atoms with Crippen molar-refractivity contribution >= 4 is 29.9 Å². The van der Waals surface area contributed by atoms with Gasteiger partial charge in [0.2, 0.25) is 5.88 Å². The predicted molar refractivity (Wildman–Crippen MR) is 137 cm³/mol. The fraction of sp³-hybridized carbons (Fsp3) is 0.250. The number of hydrogen-bond donors (Lipinski definition) is 2. The third-order valence-corrected chi connectivity index (χ3v) is 4.25. The van der Waals surface area contributed by atoms with Crippen LogP contribution in [0.1, 0.15) is 12.5 Å². The van der Waals surface area contributed by atoms with Crippen molar-refractivity contribution in [2.24, 2.45) is 4.99 Å². The Balaban J connectivity index is 0.00000363. The fourth-order valence-electron chi connectivity index (χ4n) is 2.76. The van der Waals surface area contributed by atoms with Crippen LogP contribution in [-0.4, -0.2) is 37.7 Å². The van der Waals surface area contributed by atoms with Crippen LogP contribution in [0.15, 0.2) is 77.9 Å². The van der Waals surface area contributed by atoms with E-state index in [1.165, 1.54) is 0 Å². The number of aliphatic imine (C=N–C) groups is 1. The van der Waals surface area contributed by atoms with Crippen molar-refractivity contribution in [2.45, 2.75) is 13.5 Å². The lowest BCUT2D eigenvalue weighted by molar-refractivity contribution is 0.319. The number of hydrogen-bond acceptors (Lipinski definition) is 5. The van der Waals surface area contributed by atoms with Crippen LogP contribution in [-0.2, 0) is 6.54 Å². The van der Waals surface area contributed by atoms with Crippen LogP contribution in [0.2, 0.25) is 0 Å². The van der Waals surface area contributed by atoms with Crippen molar-refractivity contribution in [1.29, 1.82) is 0 Å². The van der Waals surface area contributed by atoms with Gasteiger partial charge in [0.1, 0.15) is 12.4 Å². The lowest BCUT2D eigenvalue weighted by Crippen LogP contribution is -2.38. The minimum Gasteiger partial charge on any atom is -0.492 e. The van der Waals surface area contributed by atoms with Gasteiger partial charge in [-0.3, -0.25) is 4.99 Å². The highest BCUT2D eigenvalue weighted by Crippen LogP contribution is 2.30. The van der Waals surface area contributed by atoms with E-state index in [9.17, 15) is 0 Å². The van der Waals surface area contributed by atoms with E-state index >= 15 is 0 Å². The largest absolute Gasteiger partial charge is 0.492 e. The van der Waals surface area contributed by atoms with Crippen LogP contribution >= 0.6 is 24.0 Å². The van der Waals surface area contributed by atoms with E-state index in [1.54, 1.807) is 13.2 Å². The molecule has 0 unspecified atom stereocenters. The predicted octanol–water partition coefficient (Wildman–Crippen LogP) is 4.63. The molecule has 0 amide bonds. The first-order valence-corrected chi connectivity index (χ1v) is 10.3. The monoisotopic (exact) mass is 548 g/mol. The number of para-hydroxylation sites is 3. The lowest BCUT2D eigenvalue weighted by atomic mass is 10.3. The highest BCUT2D eigenvalue weighted by atomic mass is 127.